The first kappa shape index (κ1) is 17.8. The molecule has 0 radical (unpaired) electrons. The number of fused-ring (bicyclic) bond motifs is 2. The van der Waals surface area contributed by atoms with Crippen LogP contribution >= 0.6 is 23.1 Å². The molecule has 0 aliphatic carbocycles. The van der Waals surface area contributed by atoms with E-state index in [0.29, 0.717) is 6.79 Å². The van der Waals surface area contributed by atoms with Gasteiger partial charge < -0.3 is 9.47 Å². The molecular weight excluding hydrogens is 386 g/mol. The number of thiophene rings is 1. The normalized spacial score (nSPS) is 17.8. The lowest BCUT2D eigenvalue weighted by atomic mass is 9.99. The highest BCUT2D eigenvalue weighted by molar-refractivity contribution is 7.99. The first-order chi connectivity index (χ1) is 13.8. The van der Waals surface area contributed by atoms with Crippen molar-refractivity contribution in [1.82, 2.24) is 0 Å². The molecule has 5 heteroatoms. The summed E-state index contributed by atoms with van der Waals surface area (Å²) in [4.78, 5) is 7.52. The topological polar surface area (TPSA) is 30.8 Å². The van der Waals surface area contributed by atoms with Crippen LogP contribution < -0.4 is 9.47 Å². The Balaban J connectivity index is 1.59. The Morgan fingerprint density at radius 1 is 1.11 bits per heavy atom. The second kappa shape index (κ2) is 7.64. The maximum Gasteiger partial charge on any atom is 0.231 e. The molecule has 1 aromatic heterocycles. The zero-order chi connectivity index (χ0) is 18.9. The van der Waals surface area contributed by atoms with E-state index in [0.717, 1.165) is 42.2 Å². The van der Waals surface area contributed by atoms with Crippen molar-refractivity contribution >= 4 is 34.5 Å². The Labute approximate surface area is 173 Å². The van der Waals surface area contributed by atoms with E-state index in [9.17, 15) is 0 Å². The zero-order valence-corrected chi connectivity index (χ0v) is 17.3. The van der Waals surface area contributed by atoms with Crippen molar-refractivity contribution < 1.29 is 9.47 Å². The maximum absolute atomic E-state index is 5.76. The van der Waals surface area contributed by atoms with Crippen LogP contribution in [0.15, 0.2) is 63.8 Å². The molecule has 3 aromatic rings. The Morgan fingerprint density at radius 3 is 2.89 bits per heavy atom. The third-order valence-electron chi connectivity index (χ3n) is 5.04. The summed E-state index contributed by atoms with van der Waals surface area (Å²) in [7, 11) is 0. The number of aryl methyl sites for hydroxylation is 1. The molecule has 0 N–H and O–H groups in total. The predicted molar refractivity (Wildman–Crippen MR) is 117 cm³/mol. The maximum atomic E-state index is 5.76. The van der Waals surface area contributed by atoms with Gasteiger partial charge in [0.05, 0.1) is 11.4 Å². The van der Waals surface area contributed by atoms with E-state index in [1.807, 2.05) is 11.8 Å². The molecule has 1 unspecified atom stereocenters. The van der Waals surface area contributed by atoms with Gasteiger partial charge >= 0.3 is 0 Å². The number of rotatable bonds is 4. The number of thioether (sulfide) groups is 1. The molecule has 0 saturated carbocycles. The smallest absolute Gasteiger partial charge is 0.231 e. The summed E-state index contributed by atoms with van der Waals surface area (Å²) in [5, 5.41) is 2.41. The highest BCUT2D eigenvalue weighted by Crippen LogP contribution is 2.48. The molecular formula is C23H21NO2S2. The van der Waals surface area contributed by atoms with Gasteiger partial charge in [0.2, 0.25) is 6.79 Å². The van der Waals surface area contributed by atoms with E-state index >= 15 is 0 Å². The van der Waals surface area contributed by atoms with Gasteiger partial charge in [-0.1, -0.05) is 37.6 Å². The summed E-state index contributed by atoms with van der Waals surface area (Å²) >= 11 is 3.66. The summed E-state index contributed by atoms with van der Waals surface area (Å²) in [6.07, 6.45) is 2.98. The van der Waals surface area contributed by atoms with Crippen molar-refractivity contribution in [2.24, 2.45) is 4.99 Å². The number of ether oxygens (including phenoxy) is 2. The van der Waals surface area contributed by atoms with Crippen LogP contribution in [0.2, 0.25) is 0 Å². The molecule has 0 fully saturated rings. The quantitative estimate of drug-likeness (QED) is 0.477. The highest BCUT2D eigenvalue weighted by Gasteiger charge is 2.26. The molecule has 2 aliphatic rings. The minimum atomic E-state index is 0.287. The fourth-order valence-corrected chi connectivity index (χ4v) is 5.68. The van der Waals surface area contributed by atoms with Crippen LogP contribution in [0, 0.1) is 0 Å². The van der Waals surface area contributed by atoms with Crippen molar-refractivity contribution in [2.75, 3.05) is 6.79 Å². The molecule has 3 nitrogen and oxygen atoms in total. The fraction of sp³-hybridized carbons (Fsp3) is 0.261. The summed E-state index contributed by atoms with van der Waals surface area (Å²) in [5.74, 6) is 1.81. The van der Waals surface area contributed by atoms with Crippen LogP contribution in [0.25, 0.3) is 0 Å². The van der Waals surface area contributed by atoms with Crippen LogP contribution in [-0.2, 0) is 6.42 Å². The van der Waals surface area contributed by atoms with E-state index < -0.39 is 0 Å². The predicted octanol–water partition coefficient (Wildman–Crippen LogP) is 6.79. The molecule has 5 rings (SSSR count). The van der Waals surface area contributed by atoms with E-state index in [4.69, 9.17) is 14.5 Å². The van der Waals surface area contributed by atoms with Gasteiger partial charge in [-0.3, -0.25) is 4.99 Å². The fourth-order valence-electron chi connectivity index (χ4n) is 3.74. The van der Waals surface area contributed by atoms with Crippen LogP contribution in [0.3, 0.4) is 0 Å². The van der Waals surface area contributed by atoms with E-state index in [1.54, 1.807) is 11.3 Å². The number of nitrogens with zero attached hydrogens (tertiary/aromatic N) is 1. The Bertz CT molecular complexity index is 1030. The van der Waals surface area contributed by atoms with Gasteiger partial charge in [-0.2, -0.15) is 0 Å². The van der Waals surface area contributed by atoms with Crippen molar-refractivity contribution in [3.05, 3.63) is 69.9 Å². The third kappa shape index (κ3) is 3.33. The van der Waals surface area contributed by atoms with Crippen molar-refractivity contribution in [3.63, 3.8) is 0 Å². The van der Waals surface area contributed by atoms with E-state index in [2.05, 4.69) is 60.8 Å². The van der Waals surface area contributed by atoms with Gasteiger partial charge in [0.15, 0.2) is 11.5 Å². The average molecular weight is 408 g/mol. The Hall–Kier alpha value is -2.24. The summed E-state index contributed by atoms with van der Waals surface area (Å²) in [6, 6.07) is 17.2. The number of hydrogen-bond acceptors (Lipinski definition) is 5. The van der Waals surface area contributed by atoms with Gasteiger partial charge in [-0.05, 0) is 47.2 Å². The largest absolute Gasteiger partial charge is 0.454 e. The SMILES string of the molecule is CCCc1cc(C2CC(c3cccs3)=Nc3ccccc3S2)cc2c1OCO2. The minimum Gasteiger partial charge on any atom is -0.454 e. The molecule has 3 heterocycles. The Kier molecular flexibility index (Phi) is 4.87. The van der Waals surface area contributed by atoms with E-state index in [-0.39, 0.29) is 5.25 Å². The van der Waals surface area contributed by atoms with Crippen molar-refractivity contribution in [2.45, 2.75) is 36.3 Å². The molecule has 142 valence electrons. The van der Waals surface area contributed by atoms with Crippen LogP contribution in [-0.4, -0.2) is 12.5 Å². The lowest BCUT2D eigenvalue weighted by Gasteiger charge is -2.18. The van der Waals surface area contributed by atoms with Crippen LogP contribution in [0.1, 0.15) is 41.0 Å². The minimum absolute atomic E-state index is 0.287. The van der Waals surface area contributed by atoms with Crippen LogP contribution in [0.4, 0.5) is 5.69 Å². The Morgan fingerprint density at radius 2 is 2.04 bits per heavy atom. The molecule has 28 heavy (non-hydrogen) atoms. The highest BCUT2D eigenvalue weighted by atomic mass is 32.2. The van der Waals surface area contributed by atoms with Gasteiger partial charge in [-0.25, -0.2) is 0 Å². The van der Waals surface area contributed by atoms with Gasteiger partial charge in [0.1, 0.15) is 0 Å². The van der Waals surface area contributed by atoms with Crippen molar-refractivity contribution in [3.8, 4) is 11.5 Å². The molecule has 0 saturated heterocycles. The van der Waals surface area contributed by atoms with Gasteiger partial charge in [0, 0.05) is 21.4 Å². The number of aliphatic imine (C=N–C) groups is 1. The van der Waals surface area contributed by atoms with Crippen LogP contribution in [0.5, 0.6) is 11.5 Å². The second-order valence-corrected chi connectivity index (χ2v) is 9.17. The van der Waals surface area contributed by atoms with Crippen molar-refractivity contribution in [1.29, 1.82) is 0 Å². The van der Waals surface area contributed by atoms with Gasteiger partial charge in [0.25, 0.3) is 0 Å². The van der Waals surface area contributed by atoms with E-state index in [1.165, 1.54) is 20.9 Å². The summed E-state index contributed by atoms with van der Waals surface area (Å²) in [6.45, 7) is 2.52. The first-order valence-electron chi connectivity index (χ1n) is 9.61. The first-order valence-corrected chi connectivity index (χ1v) is 11.4. The molecule has 1 atom stereocenters. The molecule has 0 spiro atoms. The number of para-hydroxylation sites is 1. The standard InChI is InChI=1S/C23H21NO2S2/c1-2-6-15-11-16(12-19-23(15)26-14-25-19)22-13-18(20-9-5-10-27-20)24-17-7-3-4-8-21(17)28-22/h3-5,7-12,22H,2,6,13-14H2,1H3. The number of hydrogen-bond donors (Lipinski definition) is 0. The molecule has 2 aliphatic heterocycles. The monoisotopic (exact) mass is 407 g/mol. The van der Waals surface area contributed by atoms with Gasteiger partial charge in [-0.15, -0.1) is 23.1 Å². The molecule has 0 bridgehead atoms. The summed E-state index contributed by atoms with van der Waals surface area (Å²) < 4.78 is 11.5. The lowest BCUT2D eigenvalue weighted by Crippen LogP contribution is -2.04. The zero-order valence-electron chi connectivity index (χ0n) is 15.7. The number of benzene rings is 2. The lowest BCUT2D eigenvalue weighted by molar-refractivity contribution is 0.173. The average Bonchev–Trinajstić information content (AvgIpc) is 3.37. The second-order valence-electron chi connectivity index (χ2n) is 6.98. The third-order valence-corrected chi connectivity index (χ3v) is 7.28. The molecule has 2 aromatic carbocycles. The molecule has 0 amide bonds. The summed E-state index contributed by atoms with van der Waals surface area (Å²) in [5.41, 5.74) is 4.76.